The molecule has 0 saturated carbocycles. The summed E-state index contributed by atoms with van der Waals surface area (Å²) in [4.78, 5) is 13.9. The Hall–Kier alpha value is -3.16. The van der Waals surface area contributed by atoms with Crippen molar-refractivity contribution in [1.29, 1.82) is 0 Å². The Kier molecular flexibility index (Phi) is 3.34. The van der Waals surface area contributed by atoms with E-state index in [1.54, 1.807) is 17.1 Å². The molecule has 0 bridgehead atoms. The number of hydrogen-bond acceptors (Lipinski definition) is 6. The Balaban J connectivity index is 1.77. The van der Waals surface area contributed by atoms with E-state index in [4.69, 9.17) is 4.42 Å². The van der Waals surface area contributed by atoms with E-state index in [1.165, 1.54) is 12.4 Å². The molecular weight excluding hydrogens is 274 g/mol. The number of rotatable bonds is 5. The maximum atomic E-state index is 10.6. The van der Waals surface area contributed by atoms with Crippen molar-refractivity contribution in [3.8, 4) is 5.69 Å². The predicted molar refractivity (Wildman–Crippen MR) is 74.0 cm³/mol. The molecule has 0 saturated heterocycles. The Morgan fingerprint density at radius 1 is 1.29 bits per heavy atom. The molecule has 1 N–H and O–H groups in total. The number of nitrogens with one attached hydrogen (secondary N) is 1. The molecule has 1 aromatic carbocycles. The van der Waals surface area contributed by atoms with Crippen LogP contribution in [0.15, 0.2) is 53.5 Å². The second kappa shape index (κ2) is 5.45. The Morgan fingerprint density at radius 3 is 2.86 bits per heavy atom. The van der Waals surface area contributed by atoms with Crippen molar-refractivity contribution in [2.75, 3.05) is 5.32 Å². The molecule has 0 atom stereocenters. The zero-order chi connectivity index (χ0) is 14.7. The van der Waals surface area contributed by atoms with Gasteiger partial charge in [0.05, 0.1) is 24.0 Å². The highest BCUT2D eigenvalue weighted by atomic mass is 16.6. The molecule has 0 unspecified atom stereocenters. The number of benzene rings is 1. The van der Waals surface area contributed by atoms with Gasteiger partial charge in [0.25, 0.3) is 0 Å². The summed E-state index contributed by atoms with van der Waals surface area (Å²) >= 11 is 0. The minimum absolute atomic E-state index is 0.267. The van der Waals surface area contributed by atoms with Gasteiger partial charge in [-0.1, -0.05) is 12.1 Å². The number of furan rings is 1. The first-order chi connectivity index (χ1) is 10.2. The van der Waals surface area contributed by atoms with Gasteiger partial charge < -0.3 is 9.73 Å². The molecule has 3 aromatic rings. The molecule has 2 heterocycles. The van der Waals surface area contributed by atoms with Crippen molar-refractivity contribution in [3.63, 3.8) is 0 Å². The zero-order valence-corrected chi connectivity index (χ0v) is 10.8. The second-order valence-electron chi connectivity index (χ2n) is 4.21. The molecule has 3 rings (SSSR count). The number of anilines is 1. The van der Waals surface area contributed by atoms with Gasteiger partial charge in [0.1, 0.15) is 23.3 Å². The van der Waals surface area contributed by atoms with Crippen molar-refractivity contribution < 1.29 is 9.34 Å². The summed E-state index contributed by atoms with van der Waals surface area (Å²) in [7, 11) is 0. The van der Waals surface area contributed by atoms with Gasteiger partial charge in [-0.3, -0.25) is 10.1 Å². The molecule has 0 radical (unpaired) electrons. The molecule has 8 heteroatoms. The molecule has 21 heavy (non-hydrogen) atoms. The number of aromatic nitrogens is 3. The molecule has 2 aromatic heterocycles. The first-order valence-corrected chi connectivity index (χ1v) is 6.15. The number of nitrogens with zero attached hydrogens (tertiary/aromatic N) is 4. The Bertz CT molecular complexity index is 751. The van der Waals surface area contributed by atoms with Gasteiger partial charge >= 0.3 is 5.88 Å². The van der Waals surface area contributed by atoms with Gasteiger partial charge in [0, 0.05) is 0 Å². The van der Waals surface area contributed by atoms with Crippen LogP contribution in [0.4, 0.5) is 11.6 Å². The summed E-state index contributed by atoms with van der Waals surface area (Å²) in [6, 6.07) is 10.5. The van der Waals surface area contributed by atoms with Crippen LogP contribution >= 0.6 is 0 Å². The van der Waals surface area contributed by atoms with Crippen LogP contribution in [0.2, 0.25) is 0 Å². The lowest BCUT2D eigenvalue weighted by molar-refractivity contribution is -0.402. The highest BCUT2D eigenvalue weighted by Crippen LogP contribution is 2.21. The van der Waals surface area contributed by atoms with Crippen LogP contribution in [0.3, 0.4) is 0 Å². The van der Waals surface area contributed by atoms with Crippen LogP contribution in [-0.4, -0.2) is 19.7 Å². The summed E-state index contributed by atoms with van der Waals surface area (Å²) in [6.07, 6.45) is 3.05. The lowest BCUT2D eigenvalue weighted by atomic mass is 10.2. The summed E-state index contributed by atoms with van der Waals surface area (Å²) < 4.78 is 6.73. The average molecular weight is 285 g/mol. The second-order valence-corrected chi connectivity index (χ2v) is 4.21. The van der Waals surface area contributed by atoms with E-state index in [2.05, 4.69) is 15.4 Å². The predicted octanol–water partition coefficient (Wildman–Crippen LogP) is 2.38. The van der Waals surface area contributed by atoms with Crippen molar-refractivity contribution in [3.05, 3.63) is 64.9 Å². The van der Waals surface area contributed by atoms with E-state index in [9.17, 15) is 10.1 Å². The molecule has 0 spiro atoms. The third kappa shape index (κ3) is 2.73. The molecule has 0 aliphatic carbocycles. The smallest absolute Gasteiger partial charge is 0.404 e. The van der Waals surface area contributed by atoms with E-state index in [1.807, 2.05) is 24.3 Å². The first-order valence-electron chi connectivity index (χ1n) is 6.15. The van der Waals surface area contributed by atoms with Gasteiger partial charge in [-0.2, -0.15) is 5.10 Å². The van der Waals surface area contributed by atoms with Crippen molar-refractivity contribution in [2.24, 2.45) is 0 Å². The van der Waals surface area contributed by atoms with Gasteiger partial charge in [-0.25, -0.2) is 9.67 Å². The Labute approximate surface area is 119 Å². The molecule has 0 amide bonds. The minimum atomic E-state index is -0.563. The van der Waals surface area contributed by atoms with Gasteiger partial charge in [0.2, 0.25) is 0 Å². The largest absolute Gasteiger partial charge is 0.433 e. The van der Waals surface area contributed by atoms with Gasteiger partial charge in [-0.15, -0.1) is 0 Å². The summed E-state index contributed by atoms with van der Waals surface area (Å²) in [5, 5.41) is 17.8. The summed E-state index contributed by atoms with van der Waals surface area (Å²) in [5.41, 5.74) is 1.65. The number of nitro groups is 1. The third-order valence-electron chi connectivity index (χ3n) is 2.85. The summed E-state index contributed by atoms with van der Waals surface area (Å²) in [6.45, 7) is 0.333. The fourth-order valence-electron chi connectivity index (χ4n) is 1.90. The lowest BCUT2D eigenvalue weighted by Crippen LogP contribution is -2.04. The van der Waals surface area contributed by atoms with Crippen LogP contribution in [-0.2, 0) is 6.54 Å². The van der Waals surface area contributed by atoms with Gasteiger partial charge in [0.15, 0.2) is 0 Å². The molecule has 0 fully saturated rings. The molecule has 8 nitrogen and oxygen atoms in total. The standard InChI is InChI=1S/C13H11N5O3/c19-18(20)13-6-5-10(21-13)7-15-11-3-1-2-4-12(11)17-9-14-8-16-17/h1-6,8-9,15H,7H2. The SMILES string of the molecule is O=[N+]([O-])c1ccc(CNc2ccccc2-n2cncn2)o1. The average Bonchev–Trinajstić information content (AvgIpc) is 3.17. The van der Waals surface area contributed by atoms with Crippen molar-refractivity contribution >= 4 is 11.6 Å². The molecule has 0 aliphatic rings. The quantitative estimate of drug-likeness (QED) is 0.570. The number of hydrogen-bond donors (Lipinski definition) is 1. The zero-order valence-electron chi connectivity index (χ0n) is 10.8. The normalized spacial score (nSPS) is 10.5. The third-order valence-corrected chi connectivity index (χ3v) is 2.85. The van der Waals surface area contributed by atoms with Crippen molar-refractivity contribution in [2.45, 2.75) is 6.54 Å². The maximum absolute atomic E-state index is 10.6. The van der Waals surface area contributed by atoms with E-state index in [-0.39, 0.29) is 5.88 Å². The van der Waals surface area contributed by atoms with E-state index < -0.39 is 4.92 Å². The van der Waals surface area contributed by atoms with E-state index in [0.717, 1.165) is 11.4 Å². The molecule has 0 aliphatic heterocycles. The number of para-hydroxylation sites is 2. The van der Waals surface area contributed by atoms with Crippen LogP contribution in [0.5, 0.6) is 0 Å². The molecular formula is C13H11N5O3. The van der Waals surface area contributed by atoms with Crippen molar-refractivity contribution in [1.82, 2.24) is 14.8 Å². The monoisotopic (exact) mass is 285 g/mol. The highest BCUT2D eigenvalue weighted by molar-refractivity contribution is 5.60. The first kappa shape index (κ1) is 12.9. The Morgan fingerprint density at radius 2 is 2.14 bits per heavy atom. The fraction of sp³-hybridized carbons (Fsp3) is 0.0769. The minimum Gasteiger partial charge on any atom is -0.404 e. The van der Waals surface area contributed by atoms with Crippen LogP contribution in [0.1, 0.15) is 5.76 Å². The van der Waals surface area contributed by atoms with Crippen LogP contribution in [0.25, 0.3) is 5.69 Å². The topological polar surface area (TPSA) is 99.0 Å². The highest BCUT2D eigenvalue weighted by Gasteiger charge is 2.12. The van der Waals surface area contributed by atoms with Crippen LogP contribution in [0, 0.1) is 10.1 Å². The summed E-state index contributed by atoms with van der Waals surface area (Å²) in [5.74, 6) is 0.214. The van der Waals surface area contributed by atoms with Gasteiger partial charge in [-0.05, 0) is 18.2 Å². The fourth-order valence-corrected chi connectivity index (χ4v) is 1.90. The van der Waals surface area contributed by atoms with E-state index in [0.29, 0.717) is 12.3 Å². The molecule has 106 valence electrons. The maximum Gasteiger partial charge on any atom is 0.433 e. The van der Waals surface area contributed by atoms with Crippen LogP contribution < -0.4 is 5.32 Å². The lowest BCUT2D eigenvalue weighted by Gasteiger charge is -2.10. The van der Waals surface area contributed by atoms with E-state index >= 15 is 0 Å².